The molecule has 0 aliphatic rings. The zero-order valence-electron chi connectivity index (χ0n) is 9.81. The second-order valence-corrected chi connectivity index (χ2v) is 4.38. The first kappa shape index (κ1) is 13.0. The molecule has 1 nitrogen and oxygen atoms in total. The van der Waals surface area contributed by atoms with Crippen molar-refractivity contribution >= 4 is 11.6 Å². The van der Waals surface area contributed by atoms with E-state index >= 15 is 0 Å². The van der Waals surface area contributed by atoms with E-state index in [0.29, 0.717) is 17.1 Å². The summed E-state index contributed by atoms with van der Waals surface area (Å²) in [6, 6.07) is 8.62. The van der Waals surface area contributed by atoms with E-state index < -0.39 is 11.6 Å². The van der Waals surface area contributed by atoms with Crippen molar-refractivity contribution in [3.05, 3.63) is 58.6 Å². The molecule has 0 heterocycles. The Bertz CT molecular complexity index is 570. The summed E-state index contributed by atoms with van der Waals surface area (Å²) < 4.78 is 26.8. The van der Waals surface area contributed by atoms with Crippen molar-refractivity contribution in [2.75, 3.05) is 7.05 Å². The van der Waals surface area contributed by atoms with Gasteiger partial charge in [0.2, 0.25) is 0 Å². The molecule has 0 radical (unpaired) electrons. The summed E-state index contributed by atoms with van der Waals surface area (Å²) in [6.45, 7) is 0.672. The Labute approximate surface area is 109 Å². The second-order valence-electron chi connectivity index (χ2n) is 3.97. The largest absolute Gasteiger partial charge is 0.316 e. The number of rotatable bonds is 3. The fourth-order valence-corrected chi connectivity index (χ4v) is 2.10. The van der Waals surface area contributed by atoms with Gasteiger partial charge in [-0.05, 0) is 36.9 Å². The van der Waals surface area contributed by atoms with Crippen molar-refractivity contribution in [2.24, 2.45) is 0 Å². The van der Waals surface area contributed by atoms with E-state index in [-0.39, 0.29) is 5.56 Å². The molecule has 2 aromatic carbocycles. The monoisotopic (exact) mass is 267 g/mol. The minimum Gasteiger partial charge on any atom is -0.316 e. The normalized spacial score (nSPS) is 10.7. The Morgan fingerprint density at radius 2 is 1.83 bits per heavy atom. The van der Waals surface area contributed by atoms with E-state index in [4.69, 9.17) is 11.6 Å². The third kappa shape index (κ3) is 2.68. The minimum atomic E-state index is -0.486. The Morgan fingerprint density at radius 3 is 2.50 bits per heavy atom. The van der Waals surface area contributed by atoms with Crippen LogP contribution in [0.15, 0.2) is 36.4 Å². The lowest BCUT2D eigenvalue weighted by molar-refractivity contribution is 0.603. The lowest BCUT2D eigenvalue weighted by Gasteiger charge is -2.08. The molecule has 0 atom stereocenters. The van der Waals surface area contributed by atoms with Crippen LogP contribution < -0.4 is 5.32 Å². The third-order valence-corrected chi connectivity index (χ3v) is 2.95. The molecule has 0 saturated heterocycles. The fraction of sp³-hybridized carbons (Fsp3) is 0.143. The highest BCUT2D eigenvalue weighted by Crippen LogP contribution is 2.31. The number of halogens is 3. The molecule has 0 aromatic heterocycles. The molecule has 0 saturated carbocycles. The van der Waals surface area contributed by atoms with E-state index in [1.54, 1.807) is 12.1 Å². The summed E-state index contributed by atoms with van der Waals surface area (Å²) in [5.41, 5.74) is 1.66. The van der Waals surface area contributed by atoms with E-state index in [1.807, 2.05) is 13.1 Å². The van der Waals surface area contributed by atoms with Crippen LogP contribution in [0.2, 0.25) is 5.02 Å². The molecule has 0 amide bonds. The topological polar surface area (TPSA) is 12.0 Å². The van der Waals surface area contributed by atoms with E-state index in [0.717, 1.165) is 23.8 Å². The van der Waals surface area contributed by atoms with E-state index in [9.17, 15) is 8.78 Å². The molecule has 2 rings (SSSR count). The highest BCUT2D eigenvalue weighted by atomic mass is 35.5. The van der Waals surface area contributed by atoms with Gasteiger partial charge in [0.25, 0.3) is 0 Å². The minimum absolute atomic E-state index is 0.177. The summed E-state index contributed by atoms with van der Waals surface area (Å²) in [6.07, 6.45) is 0. The molecule has 0 spiro atoms. The molecular formula is C14H12ClF2N. The van der Waals surface area contributed by atoms with Gasteiger partial charge in [-0.15, -0.1) is 0 Å². The summed E-state index contributed by atoms with van der Waals surface area (Å²) >= 11 is 6.11. The van der Waals surface area contributed by atoms with Gasteiger partial charge in [-0.1, -0.05) is 23.7 Å². The van der Waals surface area contributed by atoms with Gasteiger partial charge in [-0.3, -0.25) is 0 Å². The van der Waals surface area contributed by atoms with Gasteiger partial charge in [-0.2, -0.15) is 0 Å². The van der Waals surface area contributed by atoms with Crippen molar-refractivity contribution in [1.29, 1.82) is 0 Å². The smallest absolute Gasteiger partial charge is 0.131 e. The predicted octanol–water partition coefficient (Wildman–Crippen LogP) is 4.00. The van der Waals surface area contributed by atoms with Crippen LogP contribution in [0.4, 0.5) is 8.78 Å². The number of hydrogen-bond donors (Lipinski definition) is 1. The summed E-state index contributed by atoms with van der Waals surface area (Å²) in [7, 11) is 1.83. The molecule has 0 bridgehead atoms. The van der Waals surface area contributed by atoms with Gasteiger partial charge in [0.15, 0.2) is 0 Å². The van der Waals surface area contributed by atoms with Crippen molar-refractivity contribution in [3.63, 3.8) is 0 Å². The van der Waals surface area contributed by atoms with Crippen molar-refractivity contribution in [3.8, 4) is 11.1 Å². The average Bonchev–Trinajstić information content (AvgIpc) is 2.33. The molecule has 2 aromatic rings. The van der Waals surface area contributed by atoms with Gasteiger partial charge >= 0.3 is 0 Å². The highest BCUT2D eigenvalue weighted by Gasteiger charge is 2.10. The fourth-order valence-electron chi connectivity index (χ4n) is 1.80. The van der Waals surface area contributed by atoms with E-state index in [2.05, 4.69) is 5.32 Å². The summed E-state index contributed by atoms with van der Waals surface area (Å²) in [4.78, 5) is 0. The van der Waals surface area contributed by atoms with Crippen LogP contribution in [-0.2, 0) is 6.54 Å². The van der Waals surface area contributed by atoms with Crippen molar-refractivity contribution < 1.29 is 8.78 Å². The number of hydrogen-bond acceptors (Lipinski definition) is 1. The number of benzene rings is 2. The van der Waals surface area contributed by atoms with Gasteiger partial charge in [0.1, 0.15) is 11.6 Å². The van der Waals surface area contributed by atoms with Crippen LogP contribution in [0, 0.1) is 11.6 Å². The Hall–Kier alpha value is -1.45. The first-order valence-electron chi connectivity index (χ1n) is 5.50. The van der Waals surface area contributed by atoms with Gasteiger partial charge in [-0.25, -0.2) is 8.78 Å². The third-order valence-electron chi connectivity index (χ3n) is 2.63. The maximum Gasteiger partial charge on any atom is 0.131 e. The van der Waals surface area contributed by atoms with Crippen LogP contribution in [-0.4, -0.2) is 7.05 Å². The zero-order valence-corrected chi connectivity index (χ0v) is 10.6. The molecule has 0 fully saturated rings. The SMILES string of the molecule is CNCc1ccc(-c2cc(F)ccc2F)c(Cl)c1. The lowest BCUT2D eigenvalue weighted by atomic mass is 10.0. The maximum absolute atomic E-state index is 13.6. The maximum atomic E-state index is 13.6. The molecule has 18 heavy (non-hydrogen) atoms. The van der Waals surface area contributed by atoms with Gasteiger partial charge in [0, 0.05) is 22.7 Å². The average molecular weight is 268 g/mol. The molecule has 0 unspecified atom stereocenters. The molecule has 94 valence electrons. The second kappa shape index (κ2) is 5.46. The Kier molecular flexibility index (Phi) is 3.94. The molecule has 0 aliphatic heterocycles. The standard InChI is InChI=1S/C14H12ClF2N/c1-18-8-9-2-4-11(13(15)6-9)12-7-10(16)3-5-14(12)17/h2-7,18H,8H2,1H3. The molecule has 1 N–H and O–H groups in total. The molecule has 0 aliphatic carbocycles. The number of nitrogens with one attached hydrogen (secondary N) is 1. The van der Waals surface area contributed by atoms with Crippen molar-refractivity contribution in [1.82, 2.24) is 5.32 Å². The molecule has 4 heteroatoms. The zero-order chi connectivity index (χ0) is 13.1. The Balaban J connectivity index is 2.47. The van der Waals surface area contributed by atoms with Crippen LogP contribution >= 0.6 is 11.6 Å². The summed E-state index contributed by atoms with van der Waals surface area (Å²) in [5, 5.41) is 3.41. The molecular weight excluding hydrogens is 256 g/mol. The Morgan fingerprint density at radius 1 is 1.06 bits per heavy atom. The van der Waals surface area contributed by atoms with Gasteiger partial charge < -0.3 is 5.32 Å². The first-order valence-corrected chi connectivity index (χ1v) is 5.88. The summed E-state index contributed by atoms with van der Waals surface area (Å²) in [5.74, 6) is -0.971. The van der Waals surface area contributed by atoms with Crippen molar-refractivity contribution in [2.45, 2.75) is 6.54 Å². The first-order chi connectivity index (χ1) is 8.61. The van der Waals surface area contributed by atoms with Crippen LogP contribution in [0.5, 0.6) is 0 Å². The van der Waals surface area contributed by atoms with Crippen LogP contribution in [0.1, 0.15) is 5.56 Å². The lowest BCUT2D eigenvalue weighted by Crippen LogP contribution is -2.04. The highest BCUT2D eigenvalue weighted by molar-refractivity contribution is 6.33. The van der Waals surface area contributed by atoms with Crippen LogP contribution in [0.25, 0.3) is 11.1 Å². The predicted molar refractivity (Wildman–Crippen MR) is 69.6 cm³/mol. The van der Waals surface area contributed by atoms with Gasteiger partial charge in [0.05, 0.1) is 0 Å². The van der Waals surface area contributed by atoms with E-state index in [1.165, 1.54) is 0 Å². The quantitative estimate of drug-likeness (QED) is 0.886. The van der Waals surface area contributed by atoms with Crippen LogP contribution in [0.3, 0.4) is 0 Å².